The van der Waals surface area contributed by atoms with Crippen LogP contribution in [0.15, 0.2) is 54.7 Å². The van der Waals surface area contributed by atoms with Crippen LogP contribution in [0, 0.1) is 0 Å². The van der Waals surface area contributed by atoms with Crippen LogP contribution >= 0.6 is 0 Å². The SMILES string of the molecule is Nc1ncccc1-c1nc2ccc(NCCN3CCOCC3)nc2n1-c1ccc(C2(NC(=O)O)CCC2)cc1. The first-order valence-electron chi connectivity index (χ1n) is 13.3. The van der Waals surface area contributed by atoms with Gasteiger partial charge in [0, 0.05) is 38.1 Å². The summed E-state index contributed by atoms with van der Waals surface area (Å²) in [6.07, 6.45) is 3.20. The number of hydrogen-bond acceptors (Lipinski definition) is 8. The second-order valence-corrected chi connectivity index (χ2v) is 10.0. The van der Waals surface area contributed by atoms with Crippen molar-refractivity contribution in [2.75, 3.05) is 50.4 Å². The molecular formula is C28H32N8O3. The van der Waals surface area contributed by atoms with E-state index >= 15 is 0 Å². The number of fused-ring (bicyclic) bond motifs is 1. The van der Waals surface area contributed by atoms with Crippen molar-refractivity contribution in [2.24, 2.45) is 0 Å². The fourth-order valence-electron chi connectivity index (χ4n) is 5.40. The van der Waals surface area contributed by atoms with Gasteiger partial charge in [-0.05, 0) is 61.2 Å². The molecule has 1 aromatic carbocycles. The highest BCUT2D eigenvalue weighted by atomic mass is 16.5. The number of pyridine rings is 2. The van der Waals surface area contributed by atoms with Crippen molar-refractivity contribution in [1.82, 2.24) is 29.7 Å². The number of nitrogens with zero attached hydrogens (tertiary/aromatic N) is 5. The smallest absolute Gasteiger partial charge is 0.405 e. The van der Waals surface area contributed by atoms with Gasteiger partial charge in [0.15, 0.2) is 11.5 Å². The van der Waals surface area contributed by atoms with Gasteiger partial charge >= 0.3 is 6.09 Å². The van der Waals surface area contributed by atoms with E-state index in [-0.39, 0.29) is 0 Å². The van der Waals surface area contributed by atoms with Crippen LogP contribution in [0.5, 0.6) is 0 Å². The second kappa shape index (κ2) is 10.5. The largest absolute Gasteiger partial charge is 0.465 e. The van der Waals surface area contributed by atoms with Crippen LogP contribution in [0.25, 0.3) is 28.2 Å². The Morgan fingerprint density at radius 2 is 1.87 bits per heavy atom. The molecule has 4 heterocycles. The minimum absolute atomic E-state index is 0.383. The number of carboxylic acid groups (broad SMARTS) is 1. The molecule has 3 aromatic heterocycles. The predicted molar refractivity (Wildman–Crippen MR) is 149 cm³/mol. The first kappa shape index (κ1) is 25.1. The molecule has 4 aromatic rings. The Kier molecular flexibility index (Phi) is 6.76. The summed E-state index contributed by atoms with van der Waals surface area (Å²) in [6.45, 7) is 5.10. The summed E-state index contributed by atoms with van der Waals surface area (Å²) in [7, 11) is 0. The van der Waals surface area contributed by atoms with Crippen LogP contribution in [-0.2, 0) is 10.3 Å². The van der Waals surface area contributed by atoms with E-state index < -0.39 is 11.6 Å². The Morgan fingerprint density at radius 3 is 2.56 bits per heavy atom. The molecule has 6 rings (SSSR count). The maximum atomic E-state index is 11.4. The Bertz CT molecular complexity index is 1480. The molecule has 0 bridgehead atoms. The third-order valence-electron chi connectivity index (χ3n) is 7.65. The number of rotatable bonds is 8. The average Bonchev–Trinajstić information content (AvgIpc) is 3.30. The van der Waals surface area contributed by atoms with Crippen LogP contribution in [0.3, 0.4) is 0 Å². The van der Waals surface area contributed by atoms with Crippen LogP contribution in [0.2, 0.25) is 0 Å². The molecule has 202 valence electrons. The van der Waals surface area contributed by atoms with Crippen LogP contribution < -0.4 is 16.4 Å². The van der Waals surface area contributed by atoms with E-state index in [0.29, 0.717) is 22.9 Å². The minimum Gasteiger partial charge on any atom is -0.465 e. The highest BCUT2D eigenvalue weighted by Crippen LogP contribution is 2.41. The molecule has 0 atom stereocenters. The molecule has 1 saturated carbocycles. The van der Waals surface area contributed by atoms with Gasteiger partial charge in [-0.2, -0.15) is 0 Å². The van der Waals surface area contributed by atoms with E-state index in [1.54, 1.807) is 6.20 Å². The van der Waals surface area contributed by atoms with Gasteiger partial charge < -0.3 is 26.2 Å². The summed E-state index contributed by atoms with van der Waals surface area (Å²) in [4.78, 5) is 27.9. The summed E-state index contributed by atoms with van der Waals surface area (Å²) in [6, 6.07) is 15.6. The number of amides is 1. The number of nitrogens with one attached hydrogen (secondary N) is 2. The first-order valence-corrected chi connectivity index (χ1v) is 13.3. The summed E-state index contributed by atoms with van der Waals surface area (Å²) >= 11 is 0. The van der Waals surface area contributed by atoms with Crippen LogP contribution in [-0.4, -0.2) is 75.0 Å². The van der Waals surface area contributed by atoms with Gasteiger partial charge in [-0.3, -0.25) is 9.47 Å². The summed E-state index contributed by atoms with van der Waals surface area (Å²) in [5, 5.41) is 15.6. The van der Waals surface area contributed by atoms with Gasteiger partial charge in [0.25, 0.3) is 0 Å². The van der Waals surface area contributed by atoms with E-state index in [1.807, 2.05) is 53.1 Å². The molecule has 11 nitrogen and oxygen atoms in total. The number of ether oxygens (including phenoxy) is 1. The number of morpholine rings is 1. The first-order chi connectivity index (χ1) is 19.0. The number of nitrogens with two attached hydrogens (primary N) is 1. The predicted octanol–water partition coefficient (Wildman–Crippen LogP) is 3.46. The Morgan fingerprint density at radius 1 is 1.08 bits per heavy atom. The van der Waals surface area contributed by atoms with Crippen molar-refractivity contribution in [2.45, 2.75) is 24.8 Å². The number of hydrogen-bond donors (Lipinski definition) is 4. The molecule has 0 unspecified atom stereocenters. The van der Waals surface area contributed by atoms with Crippen molar-refractivity contribution >= 4 is 28.9 Å². The summed E-state index contributed by atoms with van der Waals surface area (Å²) in [5.74, 6) is 1.79. The lowest BCUT2D eigenvalue weighted by Crippen LogP contribution is -2.50. The Balaban J connectivity index is 1.36. The van der Waals surface area contributed by atoms with Gasteiger partial charge in [-0.15, -0.1) is 0 Å². The third kappa shape index (κ3) is 4.98. The quantitative estimate of drug-likeness (QED) is 0.270. The van der Waals surface area contributed by atoms with Gasteiger partial charge in [-0.1, -0.05) is 12.1 Å². The molecule has 1 aliphatic carbocycles. The molecule has 5 N–H and O–H groups in total. The zero-order chi connectivity index (χ0) is 26.8. The Labute approximate surface area is 226 Å². The zero-order valence-corrected chi connectivity index (χ0v) is 21.6. The second-order valence-electron chi connectivity index (χ2n) is 10.0. The lowest BCUT2D eigenvalue weighted by atomic mass is 9.72. The molecule has 39 heavy (non-hydrogen) atoms. The molecule has 2 fully saturated rings. The number of imidazole rings is 1. The third-order valence-corrected chi connectivity index (χ3v) is 7.65. The average molecular weight is 529 g/mol. The summed E-state index contributed by atoms with van der Waals surface area (Å²) < 4.78 is 7.42. The van der Waals surface area contributed by atoms with Crippen LogP contribution in [0.4, 0.5) is 16.4 Å². The van der Waals surface area contributed by atoms with Crippen molar-refractivity contribution in [3.8, 4) is 17.1 Å². The number of anilines is 2. The van der Waals surface area contributed by atoms with E-state index in [1.165, 1.54) is 0 Å². The number of benzene rings is 1. The Hall–Kier alpha value is -4.22. The zero-order valence-electron chi connectivity index (χ0n) is 21.6. The highest BCUT2D eigenvalue weighted by Gasteiger charge is 2.40. The van der Waals surface area contributed by atoms with Gasteiger partial charge in [0.2, 0.25) is 0 Å². The molecule has 1 aliphatic heterocycles. The van der Waals surface area contributed by atoms with E-state index in [0.717, 1.165) is 81.2 Å². The molecule has 11 heteroatoms. The fourth-order valence-corrected chi connectivity index (χ4v) is 5.40. The maximum Gasteiger partial charge on any atom is 0.405 e. The normalized spacial score (nSPS) is 17.0. The fraction of sp³-hybridized carbons (Fsp3) is 0.357. The van der Waals surface area contributed by atoms with Crippen molar-refractivity contribution in [3.05, 3.63) is 60.3 Å². The van der Waals surface area contributed by atoms with E-state index in [9.17, 15) is 9.90 Å². The topological polar surface area (TPSA) is 143 Å². The monoisotopic (exact) mass is 528 g/mol. The van der Waals surface area contributed by atoms with Gasteiger partial charge in [0.1, 0.15) is 17.2 Å². The van der Waals surface area contributed by atoms with Crippen molar-refractivity contribution in [1.29, 1.82) is 0 Å². The molecule has 1 amide bonds. The van der Waals surface area contributed by atoms with Crippen LogP contribution in [0.1, 0.15) is 24.8 Å². The van der Waals surface area contributed by atoms with E-state index in [2.05, 4.69) is 20.5 Å². The number of carbonyl (C=O) groups is 1. The lowest BCUT2D eigenvalue weighted by molar-refractivity contribution is 0.0398. The molecule has 1 saturated heterocycles. The van der Waals surface area contributed by atoms with Crippen molar-refractivity contribution < 1.29 is 14.6 Å². The molecule has 2 aliphatic rings. The standard InChI is InChI=1S/C28H32N8O3/c29-24-21(3-1-12-31-24)25-32-22-8-9-23(30-13-14-35-15-17-39-18-16-35)33-26(22)36(25)20-6-4-19(5-7-20)28(10-2-11-28)34-27(37)38/h1,3-9,12,34H,2,10-11,13-18H2,(H2,29,31)(H,30,33)(H,37,38). The number of aromatic nitrogens is 4. The highest BCUT2D eigenvalue weighted by molar-refractivity contribution is 5.83. The molecule has 0 radical (unpaired) electrons. The summed E-state index contributed by atoms with van der Waals surface area (Å²) in [5.41, 5.74) is 9.67. The van der Waals surface area contributed by atoms with Crippen molar-refractivity contribution in [3.63, 3.8) is 0 Å². The number of nitrogen functional groups attached to an aromatic ring is 1. The molecular weight excluding hydrogens is 496 g/mol. The maximum absolute atomic E-state index is 11.4. The minimum atomic E-state index is -1.01. The molecule has 0 spiro atoms. The van der Waals surface area contributed by atoms with Gasteiger partial charge in [0.05, 0.1) is 24.3 Å². The lowest BCUT2D eigenvalue weighted by Gasteiger charge is -2.42. The van der Waals surface area contributed by atoms with E-state index in [4.69, 9.17) is 20.4 Å². The van der Waals surface area contributed by atoms with Gasteiger partial charge in [-0.25, -0.2) is 19.7 Å².